The van der Waals surface area contributed by atoms with Crippen molar-refractivity contribution in [3.63, 3.8) is 0 Å². The number of benzene rings is 2. The number of hydrogen-bond donors (Lipinski definition) is 0. The molecule has 0 N–H and O–H groups in total. The van der Waals surface area contributed by atoms with Gasteiger partial charge in [-0.15, -0.1) is 10.2 Å². The zero-order valence-electron chi connectivity index (χ0n) is 18.3. The normalized spacial score (nSPS) is 16.1. The highest BCUT2D eigenvalue weighted by Gasteiger charge is 2.33. The van der Waals surface area contributed by atoms with Crippen LogP contribution in [-0.2, 0) is 16.1 Å². The predicted molar refractivity (Wildman–Crippen MR) is 125 cm³/mol. The molecule has 2 fully saturated rings. The highest BCUT2D eigenvalue weighted by Crippen LogP contribution is 2.31. The number of aromatic nitrogens is 3. The zero-order valence-corrected chi connectivity index (χ0v) is 19.1. The number of hydrogen-bond acceptors (Lipinski definition) is 6. The Labute approximate surface area is 196 Å². The predicted octanol–water partition coefficient (Wildman–Crippen LogP) is 3.53. The van der Waals surface area contributed by atoms with Crippen molar-refractivity contribution < 1.29 is 13.9 Å². The van der Waals surface area contributed by atoms with Crippen LogP contribution in [-0.4, -0.2) is 63.7 Å². The van der Waals surface area contributed by atoms with Crippen molar-refractivity contribution in [2.45, 2.75) is 30.6 Å². The summed E-state index contributed by atoms with van der Waals surface area (Å²) < 4.78 is 21.3. The van der Waals surface area contributed by atoms with Gasteiger partial charge < -0.3 is 14.5 Å². The van der Waals surface area contributed by atoms with Crippen LogP contribution in [0.1, 0.15) is 18.4 Å². The SMILES string of the molecule is O=C(CSc1nnc(N2CCOCC2)n1-c1cccc(F)c1)N(Cc1ccccc1)C1CC1. The number of amides is 1. The largest absolute Gasteiger partial charge is 0.378 e. The molecule has 33 heavy (non-hydrogen) atoms. The number of ether oxygens (including phenoxy) is 1. The van der Waals surface area contributed by atoms with Gasteiger partial charge in [-0.3, -0.25) is 9.36 Å². The number of rotatable bonds is 8. The molecule has 2 aliphatic rings. The first-order valence-corrected chi connectivity index (χ1v) is 12.2. The monoisotopic (exact) mass is 467 g/mol. The molecule has 2 heterocycles. The van der Waals surface area contributed by atoms with Crippen molar-refractivity contribution in [2.24, 2.45) is 0 Å². The van der Waals surface area contributed by atoms with Crippen LogP contribution in [0.5, 0.6) is 0 Å². The fourth-order valence-electron chi connectivity index (χ4n) is 3.96. The molecule has 1 aromatic heterocycles. The Morgan fingerprint density at radius 2 is 1.88 bits per heavy atom. The van der Waals surface area contributed by atoms with E-state index in [0.29, 0.717) is 55.7 Å². The van der Waals surface area contributed by atoms with Crippen LogP contribution in [0.3, 0.4) is 0 Å². The van der Waals surface area contributed by atoms with Gasteiger partial charge >= 0.3 is 0 Å². The highest BCUT2D eigenvalue weighted by molar-refractivity contribution is 7.99. The number of carbonyl (C=O) groups excluding carboxylic acids is 1. The molecular weight excluding hydrogens is 441 g/mol. The standard InChI is InChI=1S/C24H26FN5O2S/c25-19-7-4-8-21(15-19)30-23(28-11-13-32-14-12-28)26-27-24(30)33-17-22(31)29(20-9-10-20)16-18-5-2-1-3-6-18/h1-8,15,20H,9-14,16-17H2. The molecule has 1 amide bonds. The topological polar surface area (TPSA) is 63.5 Å². The third-order valence-electron chi connectivity index (χ3n) is 5.81. The lowest BCUT2D eigenvalue weighted by molar-refractivity contribution is -0.129. The minimum atomic E-state index is -0.330. The fraction of sp³-hybridized carbons (Fsp3) is 0.375. The van der Waals surface area contributed by atoms with E-state index in [9.17, 15) is 9.18 Å². The third-order valence-corrected chi connectivity index (χ3v) is 6.72. The lowest BCUT2D eigenvalue weighted by Crippen LogP contribution is -2.38. The maximum absolute atomic E-state index is 14.0. The van der Waals surface area contributed by atoms with Gasteiger partial charge in [0.1, 0.15) is 5.82 Å². The van der Waals surface area contributed by atoms with Gasteiger partial charge in [0.15, 0.2) is 5.16 Å². The number of halogens is 1. The first kappa shape index (κ1) is 21.9. The van der Waals surface area contributed by atoms with Gasteiger partial charge in [0.05, 0.1) is 24.7 Å². The average Bonchev–Trinajstić information content (AvgIpc) is 3.60. The molecule has 1 saturated heterocycles. The number of morpholine rings is 1. The molecule has 7 nitrogen and oxygen atoms in total. The second-order valence-corrected chi connectivity index (χ2v) is 9.17. The van der Waals surface area contributed by atoms with Gasteiger partial charge in [-0.25, -0.2) is 4.39 Å². The van der Waals surface area contributed by atoms with Crippen molar-refractivity contribution in [1.82, 2.24) is 19.7 Å². The molecule has 0 radical (unpaired) electrons. The molecule has 2 aromatic carbocycles. The van der Waals surface area contributed by atoms with Crippen LogP contribution < -0.4 is 4.90 Å². The van der Waals surface area contributed by atoms with Gasteiger partial charge in [-0.05, 0) is 36.6 Å². The summed E-state index contributed by atoms with van der Waals surface area (Å²) in [6, 6.07) is 16.7. The van der Waals surface area contributed by atoms with Crippen molar-refractivity contribution in [3.8, 4) is 5.69 Å². The summed E-state index contributed by atoms with van der Waals surface area (Å²) in [6.45, 7) is 3.19. The van der Waals surface area contributed by atoms with E-state index in [2.05, 4.69) is 15.1 Å². The van der Waals surface area contributed by atoms with E-state index < -0.39 is 0 Å². The fourth-order valence-corrected chi connectivity index (χ4v) is 4.79. The van der Waals surface area contributed by atoms with E-state index in [1.165, 1.54) is 23.9 Å². The lowest BCUT2D eigenvalue weighted by Gasteiger charge is -2.28. The first-order chi connectivity index (χ1) is 16.2. The number of thioether (sulfide) groups is 1. The molecule has 3 aromatic rings. The summed E-state index contributed by atoms with van der Waals surface area (Å²) in [5, 5.41) is 9.35. The van der Waals surface area contributed by atoms with Crippen LogP contribution in [0.15, 0.2) is 59.8 Å². The van der Waals surface area contributed by atoms with Crippen LogP contribution in [0.4, 0.5) is 10.3 Å². The molecule has 9 heteroatoms. The van der Waals surface area contributed by atoms with E-state index in [1.54, 1.807) is 6.07 Å². The van der Waals surface area contributed by atoms with Crippen molar-refractivity contribution in [2.75, 3.05) is 37.0 Å². The summed E-state index contributed by atoms with van der Waals surface area (Å²) in [4.78, 5) is 17.2. The summed E-state index contributed by atoms with van der Waals surface area (Å²) in [5.41, 5.74) is 1.76. The van der Waals surface area contributed by atoms with E-state index in [0.717, 1.165) is 18.4 Å². The summed E-state index contributed by atoms with van der Waals surface area (Å²) in [5.74, 6) is 0.638. The zero-order chi connectivity index (χ0) is 22.6. The molecule has 1 aliphatic carbocycles. The maximum atomic E-state index is 14.0. The third kappa shape index (κ3) is 5.20. The molecule has 1 saturated carbocycles. The second kappa shape index (κ2) is 9.93. The summed E-state index contributed by atoms with van der Waals surface area (Å²) in [7, 11) is 0. The number of anilines is 1. The molecule has 172 valence electrons. The molecule has 0 unspecified atom stereocenters. The van der Waals surface area contributed by atoms with E-state index in [1.807, 2.05) is 45.9 Å². The molecule has 5 rings (SSSR count). The van der Waals surface area contributed by atoms with Crippen LogP contribution >= 0.6 is 11.8 Å². The van der Waals surface area contributed by atoms with Crippen LogP contribution in [0.2, 0.25) is 0 Å². The van der Waals surface area contributed by atoms with Gasteiger partial charge in [-0.2, -0.15) is 0 Å². The summed E-state index contributed by atoms with van der Waals surface area (Å²) >= 11 is 1.34. The molecule has 0 bridgehead atoms. The van der Waals surface area contributed by atoms with Gasteiger partial charge in [0.25, 0.3) is 0 Å². The van der Waals surface area contributed by atoms with Crippen molar-refractivity contribution in [3.05, 3.63) is 66.0 Å². The summed E-state index contributed by atoms with van der Waals surface area (Å²) in [6.07, 6.45) is 2.09. The highest BCUT2D eigenvalue weighted by atomic mass is 32.2. The molecule has 0 atom stereocenters. The molecule has 1 aliphatic heterocycles. The maximum Gasteiger partial charge on any atom is 0.233 e. The Morgan fingerprint density at radius 3 is 2.61 bits per heavy atom. The van der Waals surface area contributed by atoms with E-state index >= 15 is 0 Å². The van der Waals surface area contributed by atoms with Crippen molar-refractivity contribution in [1.29, 1.82) is 0 Å². The van der Waals surface area contributed by atoms with Gasteiger partial charge in [0, 0.05) is 25.7 Å². The average molecular weight is 468 g/mol. The lowest BCUT2D eigenvalue weighted by atomic mass is 10.2. The van der Waals surface area contributed by atoms with Crippen LogP contribution in [0, 0.1) is 5.82 Å². The number of nitrogens with zero attached hydrogens (tertiary/aromatic N) is 5. The Bertz CT molecular complexity index is 1100. The first-order valence-electron chi connectivity index (χ1n) is 11.2. The van der Waals surface area contributed by atoms with Gasteiger partial charge in [0.2, 0.25) is 11.9 Å². The minimum absolute atomic E-state index is 0.0769. The van der Waals surface area contributed by atoms with Crippen molar-refractivity contribution >= 4 is 23.6 Å². The second-order valence-electron chi connectivity index (χ2n) is 8.22. The van der Waals surface area contributed by atoms with E-state index in [-0.39, 0.29) is 17.5 Å². The Hall–Kier alpha value is -2.91. The quantitative estimate of drug-likeness (QED) is 0.473. The smallest absolute Gasteiger partial charge is 0.233 e. The molecule has 0 spiro atoms. The Balaban J connectivity index is 1.36. The molecular formula is C24H26FN5O2S. The Kier molecular flexibility index (Phi) is 6.59. The van der Waals surface area contributed by atoms with Gasteiger partial charge in [-0.1, -0.05) is 48.2 Å². The van der Waals surface area contributed by atoms with E-state index in [4.69, 9.17) is 4.74 Å². The Morgan fingerprint density at radius 1 is 1.09 bits per heavy atom. The minimum Gasteiger partial charge on any atom is -0.378 e. The number of carbonyl (C=O) groups is 1. The van der Waals surface area contributed by atoms with Crippen LogP contribution in [0.25, 0.3) is 5.69 Å².